The SMILES string of the molecule is C=CCNC(C)C(=O)c1ccc(CC)cc1. The zero-order chi connectivity index (χ0) is 12.0. The van der Waals surface area contributed by atoms with E-state index in [1.54, 1.807) is 6.08 Å². The third-order valence-electron chi connectivity index (χ3n) is 2.61. The first-order chi connectivity index (χ1) is 7.69. The molecule has 1 atom stereocenters. The molecule has 0 aliphatic carbocycles. The van der Waals surface area contributed by atoms with Crippen molar-refractivity contribution in [3.8, 4) is 0 Å². The Morgan fingerprint density at radius 3 is 2.56 bits per heavy atom. The zero-order valence-electron chi connectivity index (χ0n) is 9.99. The maximum absolute atomic E-state index is 12.0. The number of carbonyl (C=O) groups excluding carboxylic acids is 1. The van der Waals surface area contributed by atoms with Crippen LogP contribution < -0.4 is 5.32 Å². The first-order valence-corrected chi connectivity index (χ1v) is 5.66. The molecular formula is C14H19NO. The highest BCUT2D eigenvalue weighted by Gasteiger charge is 2.13. The number of rotatable bonds is 6. The fourth-order valence-electron chi connectivity index (χ4n) is 1.51. The number of ketones is 1. The smallest absolute Gasteiger partial charge is 0.179 e. The van der Waals surface area contributed by atoms with E-state index in [1.807, 2.05) is 31.2 Å². The number of hydrogen-bond acceptors (Lipinski definition) is 2. The zero-order valence-corrected chi connectivity index (χ0v) is 9.99. The summed E-state index contributed by atoms with van der Waals surface area (Å²) in [6.07, 6.45) is 2.75. The number of hydrogen-bond donors (Lipinski definition) is 1. The first kappa shape index (κ1) is 12.7. The van der Waals surface area contributed by atoms with Gasteiger partial charge in [-0.15, -0.1) is 6.58 Å². The molecule has 1 unspecified atom stereocenters. The Morgan fingerprint density at radius 1 is 1.44 bits per heavy atom. The van der Waals surface area contributed by atoms with Gasteiger partial charge in [0, 0.05) is 12.1 Å². The Hall–Kier alpha value is -1.41. The predicted octanol–water partition coefficient (Wildman–Crippen LogP) is 2.60. The molecule has 2 nitrogen and oxygen atoms in total. The Bertz CT molecular complexity index is 354. The van der Waals surface area contributed by atoms with Crippen LogP contribution in [0, 0.1) is 0 Å². The number of Topliss-reactive ketones (excluding diaryl/α,β-unsaturated/α-hetero) is 1. The average molecular weight is 217 g/mol. The van der Waals surface area contributed by atoms with Crippen LogP contribution in [0.3, 0.4) is 0 Å². The maximum Gasteiger partial charge on any atom is 0.179 e. The Kier molecular flexibility index (Phi) is 4.93. The van der Waals surface area contributed by atoms with Gasteiger partial charge in [0.15, 0.2) is 5.78 Å². The van der Waals surface area contributed by atoms with E-state index in [9.17, 15) is 4.79 Å². The molecule has 0 amide bonds. The average Bonchev–Trinajstić information content (AvgIpc) is 2.35. The van der Waals surface area contributed by atoms with Crippen LogP contribution in [0.4, 0.5) is 0 Å². The fraction of sp³-hybridized carbons (Fsp3) is 0.357. The minimum atomic E-state index is -0.162. The third kappa shape index (κ3) is 3.31. The van der Waals surface area contributed by atoms with Gasteiger partial charge in [-0.3, -0.25) is 4.79 Å². The van der Waals surface area contributed by atoms with Crippen molar-refractivity contribution < 1.29 is 4.79 Å². The first-order valence-electron chi connectivity index (χ1n) is 5.66. The molecule has 0 spiro atoms. The molecule has 86 valence electrons. The normalized spacial score (nSPS) is 12.1. The van der Waals surface area contributed by atoms with E-state index < -0.39 is 0 Å². The summed E-state index contributed by atoms with van der Waals surface area (Å²) in [5.41, 5.74) is 2.02. The monoisotopic (exact) mass is 217 g/mol. The lowest BCUT2D eigenvalue weighted by atomic mass is 10.0. The molecule has 0 saturated carbocycles. The van der Waals surface area contributed by atoms with Crippen molar-refractivity contribution >= 4 is 5.78 Å². The van der Waals surface area contributed by atoms with Gasteiger partial charge in [0.05, 0.1) is 6.04 Å². The fourth-order valence-corrected chi connectivity index (χ4v) is 1.51. The van der Waals surface area contributed by atoms with E-state index in [0.29, 0.717) is 6.54 Å². The molecule has 0 aromatic heterocycles. The topological polar surface area (TPSA) is 29.1 Å². The van der Waals surface area contributed by atoms with Crippen LogP contribution in [0.5, 0.6) is 0 Å². The van der Waals surface area contributed by atoms with Crippen LogP contribution in [-0.4, -0.2) is 18.4 Å². The van der Waals surface area contributed by atoms with Crippen LogP contribution >= 0.6 is 0 Å². The molecule has 0 saturated heterocycles. The second-order valence-electron chi connectivity index (χ2n) is 3.83. The lowest BCUT2D eigenvalue weighted by molar-refractivity contribution is 0.0953. The lowest BCUT2D eigenvalue weighted by Crippen LogP contribution is -2.33. The van der Waals surface area contributed by atoms with Gasteiger partial charge >= 0.3 is 0 Å². The van der Waals surface area contributed by atoms with E-state index in [0.717, 1.165) is 12.0 Å². The molecule has 0 radical (unpaired) electrons. The van der Waals surface area contributed by atoms with E-state index in [2.05, 4.69) is 18.8 Å². The highest BCUT2D eigenvalue weighted by Crippen LogP contribution is 2.07. The van der Waals surface area contributed by atoms with Gasteiger partial charge in [-0.1, -0.05) is 37.3 Å². The van der Waals surface area contributed by atoms with Crippen molar-refractivity contribution in [2.45, 2.75) is 26.3 Å². The minimum absolute atomic E-state index is 0.129. The molecule has 1 aromatic rings. The number of benzene rings is 1. The lowest BCUT2D eigenvalue weighted by Gasteiger charge is -2.11. The van der Waals surface area contributed by atoms with E-state index >= 15 is 0 Å². The van der Waals surface area contributed by atoms with Gasteiger partial charge in [0.2, 0.25) is 0 Å². The second-order valence-corrected chi connectivity index (χ2v) is 3.83. The highest BCUT2D eigenvalue weighted by atomic mass is 16.1. The molecule has 1 N–H and O–H groups in total. The molecule has 0 aliphatic heterocycles. The third-order valence-corrected chi connectivity index (χ3v) is 2.61. The maximum atomic E-state index is 12.0. The Morgan fingerprint density at radius 2 is 2.06 bits per heavy atom. The standard InChI is InChI=1S/C14H19NO/c1-4-10-15-11(3)14(16)13-8-6-12(5-2)7-9-13/h4,6-9,11,15H,1,5,10H2,2-3H3. The van der Waals surface area contributed by atoms with E-state index in [1.165, 1.54) is 5.56 Å². The van der Waals surface area contributed by atoms with Gasteiger partial charge in [0.1, 0.15) is 0 Å². The van der Waals surface area contributed by atoms with Crippen LogP contribution in [0.1, 0.15) is 29.8 Å². The molecule has 1 rings (SSSR count). The van der Waals surface area contributed by atoms with Crippen molar-refractivity contribution in [3.63, 3.8) is 0 Å². The summed E-state index contributed by atoms with van der Waals surface area (Å²) >= 11 is 0. The van der Waals surface area contributed by atoms with Gasteiger partial charge in [-0.2, -0.15) is 0 Å². The molecule has 16 heavy (non-hydrogen) atoms. The van der Waals surface area contributed by atoms with Gasteiger partial charge in [0.25, 0.3) is 0 Å². The van der Waals surface area contributed by atoms with Gasteiger partial charge < -0.3 is 5.32 Å². The molecule has 2 heteroatoms. The molecule has 0 fully saturated rings. The summed E-state index contributed by atoms with van der Waals surface area (Å²) in [4.78, 5) is 12.0. The quantitative estimate of drug-likeness (QED) is 0.586. The molecule has 0 aliphatic rings. The highest BCUT2D eigenvalue weighted by molar-refractivity contribution is 5.99. The van der Waals surface area contributed by atoms with Crippen LogP contribution in [0.25, 0.3) is 0 Å². The summed E-state index contributed by atoms with van der Waals surface area (Å²) in [7, 11) is 0. The van der Waals surface area contributed by atoms with Crippen molar-refractivity contribution in [1.29, 1.82) is 0 Å². The Balaban J connectivity index is 2.68. The summed E-state index contributed by atoms with van der Waals surface area (Å²) in [6.45, 7) is 8.24. The van der Waals surface area contributed by atoms with Crippen LogP contribution in [0.15, 0.2) is 36.9 Å². The van der Waals surface area contributed by atoms with Crippen molar-refractivity contribution in [3.05, 3.63) is 48.0 Å². The molecule has 1 aromatic carbocycles. The number of carbonyl (C=O) groups is 1. The summed E-state index contributed by atoms with van der Waals surface area (Å²) in [5.74, 6) is 0.129. The Labute approximate surface area is 97.4 Å². The summed E-state index contributed by atoms with van der Waals surface area (Å²) < 4.78 is 0. The summed E-state index contributed by atoms with van der Waals surface area (Å²) in [6, 6.07) is 7.65. The molecule has 0 heterocycles. The second kappa shape index (κ2) is 6.23. The van der Waals surface area contributed by atoms with E-state index in [4.69, 9.17) is 0 Å². The van der Waals surface area contributed by atoms with Crippen LogP contribution in [-0.2, 0) is 6.42 Å². The van der Waals surface area contributed by atoms with Crippen molar-refractivity contribution in [2.75, 3.05) is 6.54 Å². The molecule has 0 bridgehead atoms. The molecular weight excluding hydrogens is 198 g/mol. The number of nitrogens with one attached hydrogen (secondary N) is 1. The van der Waals surface area contributed by atoms with Crippen LogP contribution in [0.2, 0.25) is 0 Å². The predicted molar refractivity (Wildman–Crippen MR) is 67.8 cm³/mol. The minimum Gasteiger partial charge on any atom is -0.304 e. The summed E-state index contributed by atoms with van der Waals surface area (Å²) in [5, 5.41) is 3.09. The largest absolute Gasteiger partial charge is 0.304 e. The van der Waals surface area contributed by atoms with Crippen molar-refractivity contribution in [2.24, 2.45) is 0 Å². The van der Waals surface area contributed by atoms with E-state index in [-0.39, 0.29) is 11.8 Å². The van der Waals surface area contributed by atoms with Gasteiger partial charge in [-0.05, 0) is 18.9 Å². The van der Waals surface area contributed by atoms with Gasteiger partial charge in [-0.25, -0.2) is 0 Å². The van der Waals surface area contributed by atoms with Crippen molar-refractivity contribution in [1.82, 2.24) is 5.32 Å². The number of aryl methyl sites for hydroxylation is 1.